The van der Waals surface area contributed by atoms with Crippen LogP contribution < -0.4 is 11.1 Å². The maximum Gasteiger partial charge on any atom is 0.261 e. The fourth-order valence-corrected chi connectivity index (χ4v) is 1.61. The number of halogens is 1. The first-order valence-electron chi connectivity index (χ1n) is 3.78. The summed E-state index contributed by atoms with van der Waals surface area (Å²) in [5.74, 6) is -0.0291. The predicted octanol–water partition coefficient (Wildman–Crippen LogP) is 1.17. The van der Waals surface area contributed by atoms with Gasteiger partial charge >= 0.3 is 0 Å². The molecule has 3 nitrogen and oxygen atoms in total. The normalized spacial score (nSPS) is 9.08. The summed E-state index contributed by atoms with van der Waals surface area (Å²) in [6.45, 7) is 3.00. The molecule has 1 aromatic heterocycles. The van der Waals surface area contributed by atoms with E-state index in [0.717, 1.165) is 9.75 Å². The monoisotopic (exact) mass is 220 g/mol. The van der Waals surface area contributed by atoms with Gasteiger partial charge in [0.1, 0.15) is 0 Å². The largest absolute Gasteiger partial charge is 0.350 e. The Morgan fingerprint density at radius 3 is 2.77 bits per heavy atom. The van der Waals surface area contributed by atoms with E-state index in [-0.39, 0.29) is 18.3 Å². The third kappa shape index (κ3) is 3.76. The molecule has 0 atom stereocenters. The smallest absolute Gasteiger partial charge is 0.261 e. The number of rotatable bonds is 3. The van der Waals surface area contributed by atoms with Crippen LogP contribution in [-0.2, 0) is 0 Å². The summed E-state index contributed by atoms with van der Waals surface area (Å²) in [5.41, 5.74) is 5.25. The van der Waals surface area contributed by atoms with Crippen LogP contribution in [0.1, 0.15) is 14.5 Å². The van der Waals surface area contributed by atoms with Gasteiger partial charge in [-0.2, -0.15) is 0 Å². The van der Waals surface area contributed by atoms with Gasteiger partial charge in [-0.25, -0.2) is 0 Å². The summed E-state index contributed by atoms with van der Waals surface area (Å²) >= 11 is 1.49. The van der Waals surface area contributed by atoms with E-state index in [4.69, 9.17) is 5.73 Å². The van der Waals surface area contributed by atoms with Crippen molar-refractivity contribution >= 4 is 29.7 Å². The second-order valence-corrected chi connectivity index (χ2v) is 3.74. The fraction of sp³-hybridized carbons (Fsp3) is 0.375. The predicted molar refractivity (Wildman–Crippen MR) is 57.7 cm³/mol. The van der Waals surface area contributed by atoms with E-state index in [2.05, 4.69) is 5.32 Å². The maximum atomic E-state index is 11.3. The summed E-state index contributed by atoms with van der Waals surface area (Å²) in [7, 11) is 0. The summed E-state index contributed by atoms with van der Waals surface area (Å²) in [6, 6.07) is 3.76. The highest BCUT2D eigenvalue weighted by Crippen LogP contribution is 2.14. The van der Waals surface area contributed by atoms with Crippen molar-refractivity contribution in [2.75, 3.05) is 13.1 Å². The van der Waals surface area contributed by atoms with Gasteiger partial charge in [0.05, 0.1) is 4.88 Å². The van der Waals surface area contributed by atoms with Gasteiger partial charge in [-0.15, -0.1) is 23.7 Å². The van der Waals surface area contributed by atoms with Crippen LogP contribution >= 0.6 is 23.7 Å². The van der Waals surface area contributed by atoms with Crippen molar-refractivity contribution < 1.29 is 4.79 Å². The molecular formula is C8H13ClN2OS. The van der Waals surface area contributed by atoms with Crippen LogP contribution in [0.5, 0.6) is 0 Å². The zero-order valence-electron chi connectivity index (χ0n) is 7.37. The summed E-state index contributed by atoms with van der Waals surface area (Å²) in [4.78, 5) is 13.2. The van der Waals surface area contributed by atoms with E-state index in [0.29, 0.717) is 13.1 Å². The van der Waals surface area contributed by atoms with E-state index in [9.17, 15) is 4.79 Å². The first-order valence-corrected chi connectivity index (χ1v) is 4.60. The molecule has 1 rings (SSSR count). The molecule has 0 spiro atoms. The SMILES string of the molecule is Cc1ccc(C(=O)NCCN)s1.Cl. The standard InChI is InChI=1S/C8H12N2OS.ClH/c1-6-2-3-7(12-6)8(11)10-5-4-9;/h2-3H,4-5,9H2,1H3,(H,10,11);1H. The molecule has 0 aliphatic carbocycles. The molecule has 0 aliphatic rings. The van der Waals surface area contributed by atoms with Gasteiger partial charge in [0.15, 0.2) is 0 Å². The lowest BCUT2D eigenvalue weighted by molar-refractivity contribution is 0.0959. The molecule has 0 bridgehead atoms. The van der Waals surface area contributed by atoms with Crippen LogP contribution in [0.15, 0.2) is 12.1 Å². The van der Waals surface area contributed by atoms with Crippen molar-refractivity contribution in [3.8, 4) is 0 Å². The minimum absolute atomic E-state index is 0. The first-order chi connectivity index (χ1) is 5.74. The van der Waals surface area contributed by atoms with Gasteiger partial charge in [-0.3, -0.25) is 4.79 Å². The first kappa shape index (κ1) is 12.4. The van der Waals surface area contributed by atoms with Crippen LogP contribution in [0.2, 0.25) is 0 Å². The molecule has 3 N–H and O–H groups in total. The van der Waals surface area contributed by atoms with Crippen molar-refractivity contribution in [3.05, 3.63) is 21.9 Å². The Morgan fingerprint density at radius 2 is 2.31 bits per heavy atom. The van der Waals surface area contributed by atoms with E-state index >= 15 is 0 Å². The molecule has 0 unspecified atom stereocenters. The van der Waals surface area contributed by atoms with E-state index in [1.54, 1.807) is 0 Å². The van der Waals surface area contributed by atoms with Crippen molar-refractivity contribution in [1.29, 1.82) is 0 Å². The number of carbonyl (C=O) groups is 1. The molecule has 0 aromatic carbocycles. The molecular weight excluding hydrogens is 208 g/mol. The number of hydrogen-bond donors (Lipinski definition) is 2. The molecule has 0 aliphatic heterocycles. The number of thiophene rings is 1. The van der Waals surface area contributed by atoms with E-state index < -0.39 is 0 Å². The fourth-order valence-electron chi connectivity index (χ4n) is 0.829. The number of carbonyl (C=O) groups excluding carboxylic acids is 1. The molecule has 13 heavy (non-hydrogen) atoms. The van der Waals surface area contributed by atoms with E-state index in [1.807, 2.05) is 19.1 Å². The number of nitrogens with two attached hydrogens (primary N) is 1. The van der Waals surface area contributed by atoms with Crippen molar-refractivity contribution in [1.82, 2.24) is 5.32 Å². The van der Waals surface area contributed by atoms with Crippen LogP contribution in [-0.4, -0.2) is 19.0 Å². The summed E-state index contributed by atoms with van der Waals surface area (Å²) in [6.07, 6.45) is 0. The van der Waals surface area contributed by atoms with Crippen LogP contribution in [0.4, 0.5) is 0 Å². The lowest BCUT2D eigenvalue weighted by Gasteiger charge is -1.98. The highest BCUT2D eigenvalue weighted by Gasteiger charge is 2.05. The number of nitrogens with one attached hydrogen (secondary N) is 1. The van der Waals surface area contributed by atoms with Gasteiger partial charge in [0.25, 0.3) is 5.91 Å². The molecule has 74 valence electrons. The van der Waals surface area contributed by atoms with Crippen LogP contribution in [0.3, 0.4) is 0 Å². The topological polar surface area (TPSA) is 55.1 Å². The second-order valence-electron chi connectivity index (χ2n) is 2.45. The molecule has 1 heterocycles. The highest BCUT2D eigenvalue weighted by molar-refractivity contribution is 7.13. The summed E-state index contributed by atoms with van der Waals surface area (Å²) in [5, 5.41) is 2.71. The molecule has 5 heteroatoms. The maximum absolute atomic E-state index is 11.3. The third-order valence-corrected chi connectivity index (χ3v) is 2.39. The highest BCUT2D eigenvalue weighted by atomic mass is 35.5. The van der Waals surface area contributed by atoms with Gasteiger partial charge < -0.3 is 11.1 Å². The minimum atomic E-state index is -0.0291. The number of hydrogen-bond acceptors (Lipinski definition) is 3. The van der Waals surface area contributed by atoms with E-state index in [1.165, 1.54) is 11.3 Å². The zero-order chi connectivity index (χ0) is 8.97. The lowest BCUT2D eigenvalue weighted by Crippen LogP contribution is -2.28. The van der Waals surface area contributed by atoms with Crippen LogP contribution in [0, 0.1) is 6.92 Å². The molecule has 1 amide bonds. The Labute approximate surface area is 87.7 Å². The van der Waals surface area contributed by atoms with Gasteiger partial charge in [-0.05, 0) is 19.1 Å². The Hall–Kier alpha value is -0.580. The third-order valence-electron chi connectivity index (χ3n) is 1.39. The zero-order valence-corrected chi connectivity index (χ0v) is 9.00. The number of amides is 1. The van der Waals surface area contributed by atoms with Gasteiger partial charge in [0.2, 0.25) is 0 Å². The molecule has 0 radical (unpaired) electrons. The Morgan fingerprint density at radius 1 is 1.62 bits per heavy atom. The van der Waals surface area contributed by atoms with Crippen molar-refractivity contribution in [2.24, 2.45) is 5.73 Å². The van der Waals surface area contributed by atoms with Crippen molar-refractivity contribution in [3.63, 3.8) is 0 Å². The molecule has 0 saturated carbocycles. The molecule has 1 aromatic rings. The second kappa shape index (κ2) is 5.96. The van der Waals surface area contributed by atoms with Crippen molar-refractivity contribution in [2.45, 2.75) is 6.92 Å². The average molecular weight is 221 g/mol. The molecule has 0 fully saturated rings. The average Bonchev–Trinajstić information content (AvgIpc) is 2.47. The lowest BCUT2D eigenvalue weighted by atomic mass is 10.4. The van der Waals surface area contributed by atoms with Crippen LogP contribution in [0.25, 0.3) is 0 Å². The summed E-state index contributed by atoms with van der Waals surface area (Å²) < 4.78 is 0. The van der Waals surface area contributed by atoms with Gasteiger partial charge in [-0.1, -0.05) is 0 Å². The number of aryl methyl sites for hydroxylation is 1. The quantitative estimate of drug-likeness (QED) is 0.804. The molecule has 0 saturated heterocycles. The van der Waals surface area contributed by atoms with Gasteiger partial charge in [0, 0.05) is 18.0 Å². The Balaban J connectivity index is 0.00000144. The minimum Gasteiger partial charge on any atom is -0.350 e. The Kier molecular flexibility index (Phi) is 5.70. The Bertz CT molecular complexity index is 275.